The van der Waals surface area contributed by atoms with Gasteiger partial charge < -0.3 is 10.1 Å². The summed E-state index contributed by atoms with van der Waals surface area (Å²) in [6.07, 6.45) is 3.23. The molecule has 1 heterocycles. The quantitative estimate of drug-likeness (QED) is 0.550. The second-order valence-corrected chi connectivity index (χ2v) is 7.52. The van der Waals surface area contributed by atoms with Gasteiger partial charge >= 0.3 is 0 Å². The van der Waals surface area contributed by atoms with E-state index in [9.17, 15) is 8.42 Å². The number of nitrogens with one attached hydrogen (secondary N) is 1. The Hall–Kier alpha value is -2.12. The molecule has 0 fully saturated rings. The van der Waals surface area contributed by atoms with Crippen LogP contribution in [-0.4, -0.2) is 13.4 Å². The maximum absolute atomic E-state index is 11.5. The number of rotatable bonds is 7. The summed E-state index contributed by atoms with van der Waals surface area (Å²) in [7, 11) is -2.72. The molecule has 0 saturated heterocycles. The molecule has 3 rings (SSSR count). The van der Waals surface area contributed by atoms with Crippen LogP contribution < -0.4 is 10.1 Å². The van der Waals surface area contributed by atoms with Crippen molar-refractivity contribution in [3.8, 4) is 11.5 Å². The zero-order chi connectivity index (χ0) is 19.2. The van der Waals surface area contributed by atoms with Crippen molar-refractivity contribution in [2.75, 3.05) is 0 Å². The van der Waals surface area contributed by atoms with Gasteiger partial charge in [0.25, 0.3) is 0 Å². The van der Waals surface area contributed by atoms with Crippen molar-refractivity contribution in [1.29, 1.82) is 0 Å². The predicted octanol–water partition coefficient (Wildman–Crippen LogP) is 4.44. The summed E-state index contributed by atoms with van der Waals surface area (Å²) in [5.41, 5.74) is 1.48. The van der Waals surface area contributed by atoms with E-state index in [0.717, 1.165) is 5.56 Å². The van der Waals surface area contributed by atoms with Gasteiger partial charge in [-0.3, -0.25) is 4.98 Å². The van der Waals surface area contributed by atoms with Crippen LogP contribution in [0.25, 0.3) is 0 Å². The third kappa shape index (κ3) is 5.43. The molecule has 0 spiro atoms. The van der Waals surface area contributed by atoms with Crippen LogP contribution in [0.5, 0.6) is 11.5 Å². The van der Waals surface area contributed by atoms with Crippen LogP contribution in [0, 0.1) is 0 Å². The monoisotopic (exact) mass is 422 g/mol. The van der Waals surface area contributed by atoms with Crippen molar-refractivity contribution in [3.05, 3.63) is 82.1 Å². The molecular weight excluding hydrogens is 407 g/mol. The van der Waals surface area contributed by atoms with Crippen LogP contribution in [0.1, 0.15) is 11.1 Å². The SMILES string of the molecule is O=[SH](=O)c1ccc(Oc2cccnc2)cc1CNCc1ccc(Cl)cc1Cl. The van der Waals surface area contributed by atoms with E-state index >= 15 is 0 Å². The van der Waals surface area contributed by atoms with Crippen molar-refractivity contribution in [3.63, 3.8) is 0 Å². The second-order valence-electron chi connectivity index (χ2n) is 5.68. The normalized spacial score (nSPS) is 10.9. The molecule has 5 nitrogen and oxygen atoms in total. The van der Waals surface area contributed by atoms with Gasteiger partial charge in [0.1, 0.15) is 11.5 Å². The van der Waals surface area contributed by atoms with Gasteiger partial charge in [-0.05, 0) is 53.6 Å². The topological polar surface area (TPSA) is 68.3 Å². The van der Waals surface area contributed by atoms with Gasteiger partial charge in [0.05, 0.1) is 11.1 Å². The second kappa shape index (κ2) is 9.19. The van der Waals surface area contributed by atoms with Gasteiger partial charge in [0.2, 0.25) is 0 Å². The van der Waals surface area contributed by atoms with Gasteiger partial charge in [0, 0.05) is 29.3 Å². The van der Waals surface area contributed by atoms with E-state index in [1.54, 1.807) is 48.8 Å². The molecule has 1 aromatic heterocycles. The highest BCUT2D eigenvalue weighted by Gasteiger charge is 2.09. The van der Waals surface area contributed by atoms with Crippen molar-refractivity contribution >= 4 is 33.9 Å². The molecule has 0 atom stereocenters. The minimum absolute atomic E-state index is 0.248. The lowest BCUT2D eigenvalue weighted by atomic mass is 10.2. The molecule has 140 valence electrons. The highest BCUT2D eigenvalue weighted by Crippen LogP contribution is 2.25. The number of pyridine rings is 1. The van der Waals surface area contributed by atoms with E-state index in [1.165, 1.54) is 6.07 Å². The summed E-state index contributed by atoms with van der Waals surface area (Å²) in [5.74, 6) is 1.11. The fourth-order valence-corrected chi connectivity index (χ4v) is 3.54. The smallest absolute Gasteiger partial charge is 0.168 e. The fraction of sp³-hybridized carbons (Fsp3) is 0.105. The Morgan fingerprint density at radius 2 is 1.78 bits per heavy atom. The lowest BCUT2D eigenvalue weighted by Gasteiger charge is -2.11. The van der Waals surface area contributed by atoms with E-state index in [1.807, 2.05) is 6.07 Å². The zero-order valence-electron chi connectivity index (χ0n) is 14.1. The molecular formula is C19H16Cl2N2O3S. The number of hydrogen-bond acceptors (Lipinski definition) is 5. The highest BCUT2D eigenvalue weighted by molar-refractivity contribution is 7.72. The molecule has 0 amide bonds. The Morgan fingerprint density at radius 3 is 2.48 bits per heavy atom. The van der Waals surface area contributed by atoms with E-state index in [-0.39, 0.29) is 4.90 Å². The van der Waals surface area contributed by atoms with E-state index in [2.05, 4.69) is 10.3 Å². The van der Waals surface area contributed by atoms with E-state index in [4.69, 9.17) is 27.9 Å². The van der Waals surface area contributed by atoms with Crippen LogP contribution in [0.2, 0.25) is 10.0 Å². The first kappa shape index (κ1) is 19.6. The van der Waals surface area contributed by atoms with E-state index < -0.39 is 10.7 Å². The van der Waals surface area contributed by atoms with Crippen molar-refractivity contribution in [2.24, 2.45) is 0 Å². The molecule has 0 aliphatic heterocycles. The molecule has 0 aliphatic rings. The number of aromatic nitrogens is 1. The Morgan fingerprint density at radius 1 is 0.963 bits per heavy atom. The van der Waals surface area contributed by atoms with Crippen molar-refractivity contribution < 1.29 is 13.2 Å². The molecule has 8 heteroatoms. The first-order valence-corrected chi connectivity index (χ1v) is 9.96. The Labute approximate surface area is 168 Å². The number of benzene rings is 2. The first-order chi connectivity index (χ1) is 13.0. The fourth-order valence-electron chi connectivity index (χ4n) is 2.49. The molecule has 0 unspecified atom stereocenters. The highest BCUT2D eigenvalue weighted by atomic mass is 35.5. The summed E-state index contributed by atoms with van der Waals surface area (Å²) >= 11 is 12.1. The molecule has 3 aromatic rings. The Balaban J connectivity index is 1.74. The largest absolute Gasteiger partial charge is 0.456 e. The van der Waals surface area contributed by atoms with Crippen LogP contribution in [-0.2, 0) is 23.8 Å². The first-order valence-electron chi connectivity index (χ1n) is 8.03. The number of thiol groups is 1. The Bertz CT molecular complexity index is 1000. The van der Waals surface area contributed by atoms with Crippen LogP contribution in [0.4, 0.5) is 0 Å². The molecule has 0 saturated carbocycles. The molecule has 27 heavy (non-hydrogen) atoms. The molecule has 2 aromatic carbocycles. The Kier molecular flexibility index (Phi) is 6.68. The average molecular weight is 423 g/mol. The maximum atomic E-state index is 11.5. The van der Waals surface area contributed by atoms with Gasteiger partial charge in [0.15, 0.2) is 10.7 Å². The van der Waals surface area contributed by atoms with Crippen LogP contribution >= 0.6 is 23.2 Å². The summed E-state index contributed by atoms with van der Waals surface area (Å²) < 4.78 is 28.8. The predicted molar refractivity (Wildman–Crippen MR) is 106 cm³/mol. The zero-order valence-corrected chi connectivity index (χ0v) is 16.5. The average Bonchev–Trinajstić information content (AvgIpc) is 2.64. The summed E-state index contributed by atoms with van der Waals surface area (Å²) in [6.45, 7) is 0.806. The van der Waals surface area contributed by atoms with Crippen LogP contribution in [0.15, 0.2) is 65.8 Å². The van der Waals surface area contributed by atoms with Gasteiger partial charge in [-0.2, -0.15) is 0 Å². The van der Waals surface area contributed by atoms with Gasteiger partial charge in [-0.15, -0.1) is 0 Å². The number of ether oxygens (including phenoxy) is 1. The van der Waals surface area contributed by atoms with Crippen molar-refractivity contribution in [2.45, 2.75) is 18.0 Å². The lowest BCUT2D eigenvalue weighted by Crippen LogP contribution is -2.14. The summed E-state index contributed by atoms with van der Waals surface area (Å²) in [5, 5.41) is 4.32. The lowest BCUT2D eigenvalue weighted by molar-refractivity contribution is 0.478. The van der Waals surface area contributed by atoms with Crippen molar-refractivity contribution in [1.82, 2.24) is 10.3 Å². The summed E-state index contributed by atoms with van der Waals surface area (Å²) in [4.78, 5) is 4.24. The summed E-state index contributed by atoms with van der Waals surface area (Å²) in [6, 6.07) is 13.6. The molecule has 1 N–H and O–H groups in total. The number of nitrogens with zero attached hydrogens (tertiary/aromatic N) is 1. The van der Waals surface area contributed by atoms with Crippen LogP contribution in [0.3, 0.4) is 0 Å². The molecule has 0 aliphatic carbocycles. The number of hydrogen-bond donors (Lipinski definition) is 2. The third-order valence-electron chi connectivity index (χ3n) is 3.76. The van der Waals surface area contributed by atoms with Gasteiger partial charge in [-0.25, -0.2) is 8.42 Å². The van der Waals surface area contributed by atoms with E-state index in [0.29, 0.717) is 40.2 Å². The minimum atomic E-state index is -2.72. The van der Waals surface area contributed by atoms with Gasteiger partial charge in [-0.1, -0.05) is 29.3 Å². The molecule has 0 radical (unpaired) electrons. The minimum Gasteiger partial charge on any atom is -0.456 e. The third-order valence-corrected chi connectivity index (χ3v) is 5.18. The maximum Gasteiger partial charge on any atom is 0.168 e. The molecule has 0 bridgehead atoms. The standard InChI is InChI=1S/C19H16Cl2N2O3S/c20-15-4-3-13(18(21)9-15)10-23-11-14-8-16(5-6-19(14)27(24)25)26-17-2-1-7-22-12-17/h1-9,12,23,27H,10-11H2. The number of halogens is 2.